The highest BCUT2D eigenvalue weighted by Gasteiger charge is 2.24. The average Bonchev–Trinajstić information content (AvgIpc) is 2.78. The number of hydrogen-bond donors (Lipinski definition) is 3. The average molecular weight is 430 g/mol. The number of methoxy groups -OCH3 is 3. The quantitative estimate of drug-likeness (QED) is 0.497. The number of ether oxygens (including phenoxy) is 3. The van der Waals surface area contributed by atoms with Crippen molar-refractivity contribution in [2.45, 2.75) is 19.8 Å². The van der Waals surface area contributed by atoms with Crippen LogP contribution in [-0.4, -0.2) is 43.3 Å². The molecule has 3 aromatic rings. The van der Waals surface area contributed by atoms with Crippen LogP contribution in [0.1, 0.15) is 18.9 Å². The Balaban J connectivity index is 2.19. The van der Waals surface area contributed by atoms with Crippen LogP contribution in [0, 0.1) is 5.92 Å². The molecule has 1 aromatic heterocycles. The molecule has 8 heteroatoms. The topological polar surface area (TPSA) is 119 Å². The van der Waals surface area contributed by atoms with Crippen LogP contribution < -0.4 is 19.6 Å². The van der Waals surface area contributed by atoms with Gasteiger partial charge in [-0.1, -0.05) is 6.92 Å². The van der Waals surface area contributed by atoms with Crippen molar-refractivity contribution in [2.75, 3.05) is 27.9 Å². The molecular formula is C23H26O8. The fourth-order valence-corrected chi connectivity index (χ4v) is 3.48. The van der Waals surface area contributed by atoms with Crippen molar-refractivity contribution in [1.29, 1.82) is 0 Å². The lowest BCUT2D eigenvalue weighted by Gasteiger charge is -2.15. The van der Waals surface area contributed by atoms with Gasteiger partial charge in [0.2, 0.25) is 16.9 Å². The van der Waals surface area contributed by atoms with Crippen molar-refractivity contribution in [3.8, 4) is 40.1 Å². The Bertz CT molecular complexity index is 1150. The first-order valence-corrected chi connectivity index (χ1v) is 9.78. The fraction of sp³-hybridized carbons (Fsp3) is 0.348. The molecule has 0 aliphatic heterocycles. The van der Waals surface area contributed by atoms with Crippen LogP contribution in [0.2, 0.25) is 0 Å². The van der Waals surface area contributed by atoms with E-state index >= 15 is 0 Å². The van der Waals surface area contributed by atoms with Gasteiger partial charge in [-0.3, -0.25) is 4.79 Å². The van der Waals surface area contributed by atoms with Crippen LogP contribution in [0.4, 0.5) is 0 Å². The van der Waals surface area contributed by atoms with Gasteiger partial charge in [-0.15, -0.1) is 0 Å². The van der Waals surface area contributed by atoms with Crippen LogP contribution in [0.25, 0.3) is 22.3 Å². The number of phenols is 1. The second-order valence-electron chi connectivity index (χ2n) is 7.30. The van der Waals surface area contributed by atoms with Crippen LogP contribution in [0.15, 0.2) is 33.5 Å². The van der Waals surface area contributed by atoms with Gasteiger partial charge in [0, 0.05) is 18.2 Å². The van der Waals surface area contributed by atoms with Gasteiger partial charge in [-0.2, -0.15) is 0 Å². The van der Waals surface area contributed by atoms with Crippen LogP contribution in [0.5, 0.6) is 28.7 Å². The molecule has 1 unspecified atom stereocenters. The second kappa shape index (κ2) is 9.18. The molecule has 2 aromatic carbocycles. The summed E-state index contributed by atoms with van der Waals surface area (Å²) in [6.07, 6.45) is 1.36. The molecule has 0 bridgehead atoms. The van der Waals surface area contributed by atoms with Crippen LogP contribution in [-0.2, 0) is 6.42 Å². The molecule has 0 amide bonds. The monoisotopic (exact) mass is 430 g/mol. The normalized spacial score (nSPS) is 12.0. The van der Waals surface area contributed by atoms with E-state index in [4.69, 9.17) is 18.6 Å². The summed E-state index contributed by atoms with van der Waals surface area (Å²) in [7, 11) is 4.21. The first kappa shape index (κ1) is 22.3. The molecule has 3 N–H and O–H groups in total. The van der Waals surface area contributed by atoms with E-state index in [0.717, 1.165) is 12.0 Å². The highest BCUT2D eigenvalue weighted by Crippen LogP contribution is 2.44. The van der Waals surface area contributed by atoms with Gasteiger partial charge in [0.05, 0.1) is 21.3 Å². The molecule has 0 saturated carbocycles. The van der Waals surface area contributed by atoms with Crippen molar-refractivity contribution >= 4 is 11.0 Å². The molecule has 1 heterocycles. The van der Waals surface area contributed by atoms with Gasteiger partial charge >= 0.3 is 0 Å². The first-order valence-electron chi connectivity index (χ1n) is 9.78. The molecular weight excluding hydrogens is 404 g/mol. The minimum Gasteiger partial charge on any atom is -0.504 e. The van der Waals surface area contributed by atoms with E-state index in [1.807, 2.05) is 6.92 Å². The number of aryl methyl sites for hydroxylation is 1. The summed E-state index contributed by atoms with van der Waals surface area (Å²) >= 11 is 0. The zero-order chi connectivity index (χ0) is 22.7. The van der Waals surface area contributed by atoms with E-state index in [0.29, 0.717) is 17.7 Å². The maximum atomic E-state index is 13.0. The van der Waals surface area contributed by atoms with Crippen molar-refractivity contribution in [3.63, 3.8) is 0 Å². The van der Waals surface area contributed by atoms with E-state index in [9.17, 15) is 20.1 Å². The number of phenolic OH excluding ortho intramolecular Hbond substituents is 1. The lowest BCUT2D eigenvalue weighted by molar-refractivity contribution is 0.230. The van der Waals surface area contributed by atoms with Crippen LogP contribution >= 0.6 is 0 Å². The summed E-state index contributed by atoms with van der Waals surface area (Å²) in [4.78, 5) is 13.0. The Morgan fingerprint density at radius 1 is 1.03 bits per heavy atom. The molecule has 31 heavy (non-hydrogen) atoms. The third-order valence-electron chi connectivity index (χ3n) is 5.22. The summed E-state index contributed by atoms with van der Waals surface area (Å²) < 4.78 is 21.6. The largest absolute Gasteiger partial charge is 0.504 e. The molecule has 0 fully saturated rings. The molecule has 0 saturated heterocycles. The predicted molar refractivity (Wildman–Crippen MR) is 115 cm³/mol. The van der Waals surface area contributed by atoms with E-state index in [1.54, 1.807) is 25.3 Å². The SMILES string of the molecule is COc1ccc(-c2oc3cc(O)c(OC)c(OC)c3c(=O)c2O)cc1CCC(C)CO. The van der Waals surface area contributed by atoms with Gasteiger partial charge in [0.25, 0.3) is 0 Å². The van der Waals surface area contributed by atoms with Gasteiger partial charge in [-0.05, 0) is 42.5 Å². The molecule has 0 radical (unpaired) electrons. The Morgan fingerprint density at radius 2 is 1.74 bits per heavy atom. The van der Waals surface area contributed by atoms with Crippen molar-refractivity contribution in [2.24, 2.45) is 5.92 Å². The Labute approximate surface area is 179 Å². The number of aromatic hydroxyl groups is 2. The van der Waals surface area contributed by atoms with Crippen molar-refractivity contribution in [1.82, 2.24) is 0 Å². The summed E-state index contributed by atoms with van der Waals surface area (Å²) in [6, 6.07) is 6.41. The summed E-state index contributed by atoms with van der Waals surface area (Å²) in [5.41, 5.74) is 0.646. The molecule has 0 aliphatic carbocycles. The Kier molecular flexibility index (Phi) is 6.60. The molecule has 8 nitrogen and oxygen atoms in total. The third-order valence-corrected chi connectivity index (χ3v) is 5.22. The number of fused-ring (bicyclic) bond motifs is 1. The molecule has 0 spiro atoms. The zero-order valence-electron chi connectivity index (χ0n) is 17.9. The maximum Gasteiger partial charge on any atom is 0.238 e. The number of hydrogen-bond acceptors (Lipinski definition) is 8. The smallest absolute Gasteiger partial charge is 0.238 e. The standard InChI is InChI=1S/C23H26O8/c1-12(11-24)5-6-13-9-14(7-8-16(13)28-2)21-20(27)19(26)18-17(31-21)10-15(25)22(29-3)23(18)30-4/h7-10,12,24-25,27H,5-6,11H2,1-4H3. The number of rotatable bonds is 8. The molecule has 1 atom stereocenters. The summed E-state index contributed by atoms with van der Waals surface area (Å²) in [6.45, 7) is 2.02. The molecule has 0 aliphatic rings. The van der Waals surface area contributed by atoms with Crippen LogP contribution in [0.3, 0.4) is 0 Å². The second-order valence-corrected chi connectivity index (χ2v) is 7.30. The summed E-state index contributed by atoms with van der Waals surface area (Å²) in [5, 5.41) is 30.1. The Hall–Kier alpha value is -3.39. The van der Waals surface area contributed by atoms with Crippen molar-refractivity contribution in [3.05, 3.63) is 40.1 Å². The third kappa shape index (κ3) is 4.11. The number of aliphatic hydroxyl groups excluding tert-OH is 1. The minimum atomic E-state index is -0.710. The fourth-order valence-electron chi connectivity index (χ4n) is 3.48. The van der Waals surface area contributed by atoms with E-state index in [1.165, 1.54) is 20.3 Å². The maximum absolute atomic E-state index is 13.0. The Morgan fingerprint density at radius 3 is 2.35 bits per heavy atom. The lowest BCUT2D eigenvalue weighted by Crippen LogP contribution is -2.06. The van der Waals surface area contributed by atoms with Gasteiger partial charge in [0.15, 0.2) is 17.3 Å². The van der Waals surface area contributed by atoms with E-state index < -0.39 is 11.2 Å². The van der Waals surface area contributed by atoms with Gasteiger partial charge in [-0.25, -0.2) is 0 Å². The summed E-state index contributed by atoms with van der Waals surface area (Å²) in [5.74, 6) is -0.172. The van der Waals surface area contributed by atoms with E-state index in [-0.39, 0.29) is 46.5 Å². The first-order chi connectivity index (χ1) is 14.9. The lowest BCUT2D eigenvalue weighted by atomic mass is 9.98. The molecule has 3 rings (SSSR count). The van der Waals surface area contributed by atoms with Gasteiger partial charge in [0.1, 0.15) is 16.7 Å². The highest BCUT2D eigenvalue weighted by molar-refractivity contribution is 5.91. The van der Waals surface area contributed by atoms with E-state index in [2.05, 4.69) is 0 Å². The molecule has 166 valence electrons. The highest BCUT2D eigenvalue weighted by atomic mass is 16.5. The van der Waals surface area contributed by atoms with Crippen molar-refractivity contribution < 1.29 is 33.9 Å². The number of aliphatic hydroxyl groups is 1. The minimum absolute atomic E-state index is 0.0264. The zero-order valence-corrected chi connectivity index (χ0v) is 17.9. The van der Waals surface area contributed by atoms with Gasteiger partial charge < -0.3 is 33.9 Å². The number of benzene rings is 2. The predicted octanol–water partition coefficient (Wildman–Crippen LogP) is 3.46.